The van der Waals surface area contributed by atoms with Crippen LogP contribution in [-0.4, -0.2) is 43.3 Å². The molecule has 0 saturated heterocycles. The van der Waals surface area contributed by atoms with E-state index in [2.05, 4.69) is 25.7 Å². The maximum atomic E-state index is 6.14. The van der Waals surface area contributed by atoms with Crippen molar-refractivity contribution in [2.24, 2.45) is 11.7 Å². The number of methoxy groups -OCH3 is 1. The highest BCUT2D eigenvalue weighted by molar-refractivity contribution is 5.01. The van der Waals surface area contributed by atoms with E-state index in [-0.39, 0.29) is 5.54 Å². The van der Waals surface area contributed by atoms with E-state index in [4.69, 9.17) is 10.5 Å². The molecule has 3 atom stereocenters. The maximum absolute atomic E-state index is 6.14. The largest absolute Gasteiger partial charge is 0.383 e. The number of rotatable bonds is 7. The van der Waals surface area contributed by atoms with E-state index >= 15 is 0 Å². The van der Waals surface area contributed by atoms with Crippen molar-refractivity contribution >= 4 is 0 Å². The zero-order valence-electron chi connectivity index (χ0n) is 12.0. The van der Waals surface area contributed by atoms with E-state index in [1.165, 1.54) is 25.7 Å². The molecule has 0 amide bonds. The lowest BCUT2D eigenvalue weighted by molar-refractivity contribution is 0.00722. The molecular weight excluding hydrogens is 212 g/mol. The van der Waals surface area contributed by atoms with Crippen LogP contribution in [0.3, 0.4) is 0 Å². The molecule has 3 unspecified atom stereocenters. The van der Waals surface area contributed by atoms with Gasteiger partial charge in [-0.15, -0.1) is 0 Å². The Morgan fingerprint density at radius 3 is 2.65 bits per heavy atom. The summed E-state index contributed by atoms with van der Waals surface area (Å²) in [4.78, 5) is 2.62. The van der Waals surface area contributed by atoms with Gasteiger partial charge in [-0.3, -0.25) is 4.90 Å². The summed E-state index contributed by atoms with van der Waals surface area (Å²) in [6.45, 7) is 9.53. The third-order valence-corrected chi connectivity index (χ3v) is 4.75. The second-order valence-electron chi connectivity index (χ2n) is 5.54. The third-order valence-electron chi connectivity index (χ3n) is 4.75. The molecule has 1 rings (SSSR count). The fourth-order valence-electron chi connectivity index (χ4n) is 3.37. The fourth-order valence-corrected chi connectivity index (χ4v) is 3.37. The molecule has 3 heteroatoms. The Hall–Kier alpha value is -0.120. The van der Waals surface area contributed by atoms with Gasteiger partial charge in [-0.2, -0.15) is 0 Å². The van der Waals surface area contributed by atoms with Gasteiger partial charge in [0.15, 0.2) is 0 Å². The van der Waals surface area contributed by atoms with Gasteiger partial charge < -0.3 is 10.5 Å². The molecule has 3 nitrogen and oxygen atoms in total. The second-order valence-corrected chi connectivity index (χ2v) is 5.54. The first-order valence-corrected chi connectivity index (χ1v) is 7.08. The number of nitrogens with two attached hydrogens (primary N) is 1. The number of hydrogen-bond acceptors (Lipinski definition) is 3. The van der Waals surface area contributed by atoms with Crippen molar-refractivity contribution in [3.8, 4) is 0 Å². The molecule has 0 aromatic carbocycles. The van der Waals surface area contributed by atoms with E-state index in [9.17, 15) is 0 Å². The molecule has 0 aromatic heterocycles. The topological polar surface area (TPSA) is 38.5 Å². The average molecular weight is 242 g/mol. The molecule has 0 aromatic rings. The van der Waals surface area contributed by atoms with Crippen LogP contribution in [0.5, 0.6) is 0 Å². The molecule has 0 spiro atoms. The molecule has 0 heterocycles. The van der Waals surface area contributed by atoms with Gasteiger partial charge in [-0.25, -0.2) is 0 Å². The van der Waals surface area contributed by atoms with Crippen LogP contribution >= 0.6 is 0 Å². The Balaban J connectivity index is 2.84. The van der Waals surface area contributed by atoms with Gasteiger partial charge in [0.2, 0.25) is 0 Å². The Morgan fingerprint density at radius 2 is 2.24 bits per heavy atom. The first-order chi connectivity index (χ1) is 8.12. The molecule has 1 aliphatic carbocycles. The van der Waals surface area contributed by atoms with Crippen LogP contribution in [0.1, 0.15) is 46.5 Å². The fraction of sp³-hybridized carbons (Fsp3) is 1.00. The van der Waals surface area contributed by atoms with Gasteiger partial charge in [0.25, 0.3) is 0 Å². The highest BCUT2D eigenvalue weighted by Gasteiger charge is 2.44. The molecule has 1 aliphatic rings. The van der Waals surface area contributed by atoms with Gasteiger partial charge in [0.1, 0.15) is 0 Å². The van der Waals surface area contributed by atoms with E-state index in [0.717, 1.165) is 19.7 Å². The predicted octanol–water partition coefficient (Wildman–Crippen LogP) is 2.25. The summed E-state index contributed by atoms with van der Waals surface area (Å²) in [5.74, 6) is 0.707. The smallest absolute Gasteiger partial charge is 0.0590 e. The Bertz CT molecular complexity index is 222. The van der Waals surface area contributed by atoms with Gasteiger partial charge >= 0.3 is 0 Å². The molecule has 0 radical (unpaired) electrons. The first kappa shape index (κ1) is 14.9. The summed E-state index contributed by atoms with van der Waals surface area (Å²) in [5, 5.41) is 0. The van der Waals surface area contributed by atoms with Crippen LogP contribution in [0.2, 0.25) is 0 Å². The quantitative estimate of drug-likeness (QED) is 0.744. The Labute approximate surface area is 107 Å². The third kappa shape index (κ3) is 3.01. The maximum Gasteiger partial charge on any atom is 0.0590 e. The standard InChI is InChI=1S/C14H30N2O/c1-5-13(3)16(9-10-17-4)14(11-15)8-6-7-12(14)2/h12-13H,5-11,15H2,1-4H3. The first-order valence-electron chi connectivity index (χ1n) is 7.08. The van der Waals surface area contributed by atoms with E-state index < -0.39 is 0 Å². The highest BCUT2D eigenvalue weighted by atomic mass is 16.5. The molecule has 0 aliphatic heterocycles. The van der Waals surface area contributed by atoms with Crippen molar-refractivity contribution in [1.82, 2.24) is 4.90 Å². The van der Waals surface area contributed by atoms with E-state index in [1.54, 1.807) is 7.11 Å². The van der Waals surface area contributed by atoms with Crippen LogP contribution in [0.15, 0.2) is 0 Å². The second kappa shape index (κ2) is 6.72. The van der Waals surface area contributed by atoms with Crippen molar-refractivity contribution < 1.29 is 4.74 Å². The van der Waals surface area contributed by atoms with Gasteiger partial charge in [0.05, 0.1) is 6.61 Å². The highest BCUT2D eigenvalue weighted by Crippen LogP contribution is 2.40. The van der Waals surface area contributed by atoms with Gasteiger partial charge in [0, 0.05) is 31.8 Å². The zero-order valence-corrected chi connectivity index (χ0v) is 12.0. The number of hydrogen-bond donors (Lipinski definition) is 1. The van der Waals surface area contributed by atoms with Gasteiger partial charge in [-0.05, 0) is 32.1 Å². The SMILES string of the molecule is CCC(C)N(CCOC)C1(CN)CCCC1C. The van der Waals surface area contributed by atoms with Crippen LogP contribution in [-0.2, 0) is 4.74 Å². The van der Waals surface area contributed by atoms with Crippen LogP contribution < -0.4 is 5.73 Å². The van der Waals surface area contributed by atoms with Crippen molar-refractivity contribution in [3.05, 3.63) is 0 Å². The normalized spacial score (nSPS) is 31.1. The van der Waals surface area contributed by atoms with Crippen molar-refractivity contribution in [2.75, 3.05) is 26.8 Å². The summed E-state index contributed by atoms with van der Waals surface area (Å²) in [7, 11) is 1.78. The molecule has 17 heavy (non-hydrogen) atoms. The van der Waals surface area contributed by atoms with Crippen LogP contribution in [0.4, 0.5) is 0 Å². The summed E-state index contributed by atoms with van der Waals surface area (Å²) in [6, 6.07) is 0.592. The Kier molecular flexibility index (Phi) is 5.90. The molecular formula is C14H30N2O. The summed E-state index contributed by atoms with van der Waals surface area (Å²) in [5.41, 5.74) is 6.36. The van der Waals surface area contributed by atoms with Crippen LogP contribution in [0.25, 0.3) is 0 Å². The Morgan fingerprint density at radius 1 is 1.53 bits per heavy atom. The van der Waals surface area contributed by atoms with E-state index in [1.807, 2.05) is 0 Å². The van der Waals surface area contributed by atoms with Crippen molar-refractivity contribution in [2.45, 2.75) is 58.0 Å². The average Bonchev–Trinajstić information content (AvgIpc) is 2.72. The summed E-state index contributed by atoms with van der Waals surface area (Å²) < 4.78 is 5.27. The van der Waals surface area contributed by atoms with Gasteiger partial charge in [-0.1, -0.05) is 20.3 Å². The predicted molar refractivity (Wildman–Crippen MR) is 73.1 cm³/mol. The van der Waals surface area contributed by atoms with E-state index in [0.29, 0.717) is 12.0 Å². The zero-order chi connectivity index (χ0) is 12.9. The molecule has 102 valence electrons. The van der Waals surface area contributed by atoms with Crippen molar-refractivity contribution in [1.29, 1.82) is 0 Å². The minimum absolute atomic E-state index is 0.216. The van der Waals surface area contributed by atoms with Crippen molar-refractivity contribution in [3.63, 3.8) is 0 Å². The lowest BCUT2D eigenvalue weighted by Gasteiger charge is -2.47. The number of nitrogens with zero attached hydrogens (tertiary/aromatic N) is 1. The molecule has 1 fully saturated rings. The molecule has 1 saturated carbocycles. The summed E-state index contributed by atoms with van der Waals surface area (Å²) in [6.07, 6.45) is 5.06. The summed E-state index contributed by atoms with van der Waals surface area (Å²) >= 11 is 0. The lowest BCUT2D eigenvalue weighted by atomic mass is 9.85. The molecule has 2 N–H and O–H groups in total. The number of ether oxygens (including phenoxy) is 1. The monoisotopic (exact) mass is 242 g/mol. The molecule has 0 bridgehead atoms. The minimum Gasteiger partial charge on any atom is -0.383 e. The minimum atomic E-state index is 0.216. The lowest BCUT2D eigenvalue weighted by Crippen LogP contribution is -2.59. The van der Waals surface area contributed by atoms with Crippen LogP contribution in [0, 0.1) is 5.92 Å².